The van der Waals surface area contributed by atoms with Gasteiger partial charge in [-0.15, -0.1) is 0 Å². The normalized spacial score (nSPS) is 10.9. The van der Waals surface area contributed by atoms with Gasteiger partial charge in [0.25, 0.3) is 0 Å². The summed E-state index contributed by atoms with van der Waals surface area (Å²) in [7, 11) is 0. The average molecular weight is 414 g/mol. The standard InChI is InChI=1S/C16H11BrF3N3O2/c1-9-5-6-14(12(7-9)16(18,19)20)25-8-11-10(15(24)22-23-21)3-2-4-13(11)17/h2-7H,8H2,1H3. The van der Waals surface area contributed by atoms with Gasteiger partial charge in [0.2, 0.25) is 5.91 Å². The predicted octanol–water partition coefficient (Wildman–Crippen LogP) is 5.81. The number of azide groups is 1. The maximum atomic E-state index is 13.1. The van der Waals surface area contributed by atoms with Crippen LogP contribution in [0.25, 0.3) is 10.4 Å². The third kappa shape index (κ3) is 4.52. The lowest BCUT2D eigenvalue weighted by Crippen LogP contribution is -2.11. The second-order valence-corrected chi connectivity index (χ2v) is 5.90. The zero-order chi connectivity index (χ0) is 18.6. The van der Waals surface area contributed by atoms with Gasteiger partial charge in [0.15, 0.2) is 0 Å². The fourth-order valence-electron chi connectivity index (χ4n) is 2.14. The van der Waals surface area contributed by atoms with E-state index in [1.807, 2.05) is 0 Å². The Balaban J connectivity index is 2.38. The molecule has 0 saturated heterocycles. The molecule has 5 nitrogen and oxygen atoms in total. The van der Waals surface area contributed by atoms with Crippen molar-refractivity contribution in [3.05, 3.63) is 73.6 Å². The van der Waals surface area contributed by atoms with Crippen LogP contribution in [0.2, 0.25) is 0 Å². The number of alkyl halides is 3. The molecule has 2 aromatic rings. The van der Waals surface area contributed by atoms with E-state index in [1.54, 1.807) is 19.1 Å². The van der Waals surface area contributed by atoms with Crippen LogP contribution < -0.4 is 4.74 Å². The van der Waals surface area contributed by atoms with Crippen molar-refractivity contribution < 1.29 is 22.7 Å². The smallest absolute Gasteiger partial charge is 0.419 e. The zero-order valence-electron chi connectivity index (χ0n) is 12.8. The van der Waals surface area contributed by atoms with Gasteiger partial charge in [0.05, 0.1) is 5.56 Å². The predicted molar refractivity (Wildman–Crippen MR) is 88.1 cm³/mol. The maximum Gasteiger partial charge on any atom is 0.419 e. The molecule has 0 aliphatic heterocycles. The maximum absolute atomic E-state index is 13.1. The fourth-order valence-corrected chi connectivity index (χ4v) is 2.62. The summed E-state index contributed by atoms with van der Waals surface area (Å²) < 4.78 is 45.2. The summed E-state index contributed by atoms with van der Waals surface area (Å²) in [6.45, 7) is 1.24. The highest BCUT2D eigenvalue weighted by Crippen LogP contribution is 2.37. The highest BCUT2D eigenvalue weighted by Gasteiger charge is 2.34. The van der Waals surface area contributed by atoms with Crippen molar-refractivity contribution in [3.63, 3.8) is 0 Å². The van der Waals surface area contributed by atoms with E-state index in [0.717, 1.165) is 6.07 Å². The molecule has 130 valence electrons. The van der Waals surface area contributed by atoms with Crippen molar-refractivity contribution in [3.8, 4) is 5.75 Å². The van der Waals surface area contributed by atoms with E-state index in [4.69, 9.17) is 10.3 Å². The monoisotopic (exact) mass is 413 g/mol. The molecule has 2 aromatic carbocycles. The molecule has 0 aliphatic rings. The van der Waals surface area contributed by atoms with Crippen LogP contribution in [0.3, 0.4) is 0 Å². The Bertz CT molecular complexity index is 862. The summed E-state index contributed by atoms with van der Waals surface area (Å²) in [5, 5.41) is 3.01. The van der Waals surface area contributed by atoms with Crippen LogP contribution >= 0.6 is 15.9 Å². The van der Waals surface area contributed by atoms with Crippen molar-refractivity contribution in [1.29, 1.82) is 0 Å². The summed E-state index contributed by atoms with van der Waals surface area (Å²) in [5.41, 5.74) is 8.27. The summed E-state index contributed by atoms with van der Waals surface area (Å²) in [6, 6.07) is 8.26. The molecule has 0 bridgehead atoms. The number of aryl methyl sites for hydroxylation is 1. The van der Waals surface area contributed by atoms with E-state index in [0.29, 0.717) is 10.0 Å². The van der Waals surface area contributed by atoms with Gasteiger partial charge in [-0.05, 0) is 35.8 Å². The first-order valence-electron chi connectivity index (χ1n) is 6.91. The molecule has 0 fully saturated rings. The van der Waals surface area contributed by atoms with Gasteiger partial charge in [0, 0.05) is 20.5 Å². The Morgan fingerprint density at radius 3 is 2.68 bits per heavy atom. The number of benzene rings is 2. The number of hydrogen-bond donors (Lipinski definition) is 0. The van der Waals surface area contributed by atoms with Gasteiger partial charge >= 0.3 is 6.18 Å². The molecule has 0 aromatic heterocycles. The summed E-state index contributed by atoms with van der Waals surface area (Å²) in [5.74, 6) is -1.20. The lowest BCUT2D eigenvalue weighted by molar-refractivity contribution is -0.139. The lowest BCUT2D eigenvalue weighted by Gasteiger charge is -2.16. The van der Waals surface area contributed by atoms with Crippen molar-refractivity contribution in [2.24, 2.45) is 5.11 Å². The van der Waals surface area contributed by atoms with Gasteiger partial charge in [0.1, 0.15) is 12.4 Å². The van der Waals surface area contributed by atoms with E-state index >= 15 is 0 Å². The molecule has 9 heteroatoms. The molecule has 0 saturated carbocycles. The van der Waals surface area contributed by atoms with Gasteiger partial charge in [-0.1, -0.05) is 39.7 Å². The lowest BCUT2D eigenvalue weighted by atomic mass is 10.1. The first-order chi connectivity index (χ1) is 11.7. The molecule has 25 heavy (non-hydrogen) atoms. The molecule has 2 rings (SSSR count). The van der Waals surface area contributed by atoms with Crippen molar-refractivity contribution >= 4 is 21.8 Å². The topological polar surface area (TPSA) is 75.1 Å². The third-order valence-electron chi connectivity index (χ3n) is 3.30. The molecule has 0 unspecified atom stereocenters. The van der Waals surface area contributed by atoms with Crippen LogP contribution in [0.15, 0.2) is 46.0 Å². The minimum absolute atomic E-state index is 0.0489. The number of hydrogen-bond acceptors (Lipinski definition) is 2. The van der Waals surface area contributed by atoms with Crippen LogP contribution in [-0.2, 0) is 12.8 Å². The number of ether oxygens (including phenoxy) is 1. The highest BCUT2D eigenvalue weighted by molar-refractivity contribution is 9.10. The molecule has 0 N–H and O–H groups in total. The van der Waals surface area contributed by atoms with E-state index in [-0.39, 0.29) is 23.5 Å². The number of carbonyl (C=O) groups is 1. The zero-order valence-corrected chi connectivity index (χ0v) is 14.4. The first-order valence-corrected chi connectivity index (χ1v) is 7.71. The molecular formula is C16H11BrF3N3O2. The summed E-state index contributed by atoms with van der Waals surface area (Å²) >= 11 is 3.22. The molecule has 0 heterocycles. The van der Waals surface area contributed by atoms with Gasteiger partial charge in [-0.3, -0.25) is 4.79 Å². The summed E-state index contributed by atoms with van der Waals surface area (Å²) in [4.78, 5) is 14.3. The number of nitrogens with zero attached hydrogens (tertiary/aromatic N) is 3. The fraction of sp³-hybridized carbons (Fsp3) is 0.188. The van der Waals surface area contributed by atoms with Gasteiger partial charge in [-0.2, -0.15) is 13.2 Å². The van der Waals surface area contributed by atoms with Crippen LogP contribution in [0.4, 0.5) is 13.2 Å². The molecule has 0 aliphatic carbocycles. The number of halogens is 4. The molecular weight excluding hydrogens is 403 g/mol. The first kappa shape index (κ1) is 18.8. The van der Waals surface area contributed by atoms with Crippen molar-refractivity contribution in [1.82, 2.24) is 0 Å². The largest absolute Gasteiger partial charge is 0.488 e. The number of rotatable bonds is 4. The van der Waals surface area contributed by atoms with E-state index < -0.39 is 17.6 Å². The minimum atomic E-state index is -4.57. The SMILES string of the molecule is Cc1ccc(OCc2c(Br)cccc2C(=O)N=[N+]=[N-])c(C(F)(F)F)c1. The molecule has 0 radical (unpaired) electrons. The Labute approximate surface area is 149 Å². The minimum Gasteiger partial charge on any atom is -0.488 e. The molecule has 0 spiro atoms. The molecule has 0 atom stereocenters. The Kier molecular flexibility index (Phi) is 5.71. The quantitative estimate of drug-likeness (QED) is 0.360. The van der Waals surface area contributed by atoms with Crippen LogP contribution in [0.5, 0.6) is 5.75 Å². The molecule has 1 amide bonds. The van der Waals surface area contributed by atoms with Crippen LogP contribution in [0.1, 0.15) is 27.0 Å². The highest BCUT2D eigenvalue weighted by atomic mass is 79.9. The van der Waals surface area contributed by atoms with E-state index in [1.165, 1.54) is 18.2 Å². The number of amides is 1. The Morgan fingerprint density at radius 1 is 1.32 bits per heavy atom. The summed E-state index contributed by atoms with van der Waals surface area (Å²) in [6.07, 6.45) is -4.57. The van der Waals surface area contributed by atoms with Crippen molar-refractivity contribution in [2.45, 2.75) is 19.7 Å². The number of carbonyl (C=O) groups excluding carboxylic acids is 1. The second kappa shape index (κ2) is 7.58. The Morgan fingerprint density at radius 2 is 2.04 bits per heavy atom. The van der Waals surface area contributed by atoms with Crippen LogP contribution in [-0.4, -0.2) is 5.91 Å². The average Bonchev–Trinajstić information content (AvgIpc) is 2.53. The van der Waals surface area contributed by atoms with E-state index in [2.05, 4.69) is 26.0 Å². The van der Waals surface area contributed by atoms with Crippen molar-refractivity contribution in [2.75, 3.05) is 0 Å². The Hall–Kier alpha value is -2.51. The third-order valence-corrected chi connectivity index (χ3v) is 4.04. The second-order valence-electron chi connectivity index (χ2n) is 5.05. The van der Waals surface area contributed by atoms with Crippen LogP contribution in [0, 0.1) is 6.92 Å². The van der Waals surface area contributed by atoms with Gasteiger partial charge < -0.3 is 4.74 Å². The van der Waals surface area contributed by atoms with Gasteiger partial charge in [-0.25, -0.2) is 0 Å². The van der Waals surface area contributed by atoms with E-state index in [9.17, 15) is 18.0 Å².